The number of rotatable bonds is 4. The van der Waals surface area contributed by atoms with Crippen LogP contribution in [0.1, 0.15) is 23.6 Å². The smallest absolute Gasteiger partial charge is 0.226 e. The molecule has 138 valence electrons. The van der Waals surface area contributed by atoms with Gasteiger partial charge in [0, 0.05) is 24.0 Å². The van der Waals surface area contributed by atoms with Gasteiger partial charge in [-0.15, -0.1) is 0 Å². The largest absolute Gasteiger partial charge is 0.497 e. The zero-order valence-corrected chi connectivity index (χ0v) is 14.9. The van der Waals surface area contributed by atoms with Crippen molar-refractivity contribution in [2.75, 3.05) is 19.5 Å². The number of imidazole rings is 1. The van der Waals surface area contributed by atoms with E-state index in [4.69, 9.17) is 9.47 Å². The fourth-order valence-corrected chi connectivity index (χ4v) is 3.40. The lowest BCUT2D eigenvalue weighted by molar-refractivity contribution is -0.116. The van der Waals surface area contributed by atoms with Gasteiger partial charge in [0.25, 0.3) is 0 Å². The molecule has 7 heteroatoms. The van der Waals surface area contributed by atoms with Crippen LogP contribution < -0.4 is 14.8 Å². The Hall–Kier alpha value is -3.35. The number of carbonyl (C=O) groups is 1. The molecular weight excluding hydrogens is 349 g/mol. The highest BCUT2D eigenvalue weighted by Crippen LogP contribution is 2.41. The predicted octanol–water partition coefficient (Wildman–Crippen LogP) is 3.50. The number of hydrogen-bond donors (Lipinski definition) is 1. The molecular formula is C20H18FN3O3. The molecule has 0 bridgehead atoms. The van der Waals surface area contributed by atoms with Crippen LogP contribution in [-0.4, -0.2) is 29.7 Å². The quantitative estimate of drug-likeness (QED) is 0.766. The highest BCUT2D eigenvalue weighted by Gasteiger charge is 2.33. The van der Waals surface area contributed by atoms with Gasteiger partial charge in [0.1, 0.15) is 29.5 Å². The molecule has 1 aliphatic rings. The second-order valence-corrected chi connectivity index (χ2v) is 6.21. The van der Waals surface area contributed by atoms with Crippen LogP contribution in [0.15, 0.2) is 48.8 Å². The summed E-state index contributed by atoms with van der Waals surface area (Å²) in [5, 5.41) is 2.82. The zero-order chi connectivity index (χ0) is 19.0. The first kappa shape index (κ1) is 17.1. The van der Waals surface area contributed by atoms with Gasteiger partial charge in [0.05, 0.1) is 25.6 Å². The summed E-state index contributed by atoms with van der Waals surface area (Å²) in [5.74, 6) is 0.884. The number of para-hydroxylation sites is 1. The van der Waals surface area contributed by atoms with Crippen molar-refractivity contribution < 1.29 is 18.7 Å². The summed E-state index contributed by atoms with van der Waals surface area (Å²) < 4.78 is 26.5. The zero-order valence-electron chi connectivity index (χ0n) is 14.9. The summed E-state index contributed by atoms with van der Waals surface area (Å²) in [5.41, 5.74) is 1.82. The standard InChI is InChI=1S/C20H18FN3O3/c1-26-12-7-8-13(17(9-12)27-2)14-10-18(25)23-20-19(14)22-11-24(20)16-6-4-3-5-15(16)21/h3-9,11,14H,10H2,1-2H3,(H,23,25)/t14-/m1/s1. The van der Waals surface area contributed by atoms with Gasteiger partial charge in [-0.1, -0.05) is 18.2 Å². The maximum Gasteiger partial charge on any atom is 0.226 e. The fourth-order valence-electron chi connectivity index (χ4n) is 3.40. The molecule has 2 heterocycles. The summed E-state index contributed by atoms with van der Waals surface area (Å²) >= 11 is 0. The lowest BCUT2D eigenvalue weighted by atomic mass is 9.89. The van der Waals surface area contributed by atoms with Crippen LogP contribution >= 0.6 is 0 Å². The third kappa shape index (κ3) is 2.91. The third-order valence-electron chi connectivity index (χ3n) is 4.70. The third-order valence-corrected chi connectivity index (χ3v) is 4.70. The van der Waals surface area contributed by atoms with Gasteiger partial charge in [-0.25, -0.2) is 9.37 Å². The van der Waals surface area contributed by atoms with E-state index in [9.17, 15) is 9.18 Å². The van der Waals surface area contributed by atoms with Gasteiger partial charge in [-0.2, -0.15) is 0 Å². The molecule has 1 N–H and O–H groups in total. The lowest BCUT2D eigenvalue weighted by Gasteiger charge is -2.25. The normalized spacial score (nSPS) is 15.8. The molecule has 1 aliphatic heterocycles. The Bertz CT molecular complexity index is 1020. The first-order chi connectivity index (χ1) is 13.1. The predicted molar refractivity (Wildman–Crippen MR) is 98.2 cm³/mol. The van der Waals surface area contributed by atoms with E-state index in [0.29, 0.717) is 28.7 Å². The number of methoxy groups -OCH3 is 2. The Morgan fingerprint density at radius 3 is 2.74 bits per heavy atom. The Morgan fingerprint density at radius 2 is 2.00 bits per heavy atom. The molecule has 4 rings (SSSR count). The number of nitrogens with zero attached hydrogens (tertiary/aromatic N) is 2. The van der Waals surface area contributed by atoms with E-state index in [1.165, 1.54) is 12.4 Å². The Balaban J connectivity index is 1.84. The van der Waals surface area contributed by atoms with Crippen molar-refractivity contribution in [2.24, 2.45) is 0 Å². The van der Waals surface area contributed by atoms with Gasteiger partial charge in [-0.3, -0.25) is 9.36 Å². The molecule has 0 saturated heterocycles. The van der Waals surface area contributed by atoms with E-state index in [2.05, 4.69) is 10.3 Å². The van der Waals surface area contributed by atoms with E-state index in [1.807, 2.05) is 12.1 Å². The number of halogens is 1. The molecule has 0 radical (unpaired) electrons. The van der Waals surface area contributed by atoms with E-state index >= 15 is 0 Å². The van der Waals surface area contributed by atoms with Crippen LogP contribution in [0.5, 0.6) is 11.5 Å². The van der Waals surface area contributed by atoms with Crippen molar-refractivity contribution in [3.8, 4) is 17.2 Å². The number of fused-ring (bicyclic) bond motifs is 1. The SMILES string of the molecule is COc1ccc([C@H]2CC(=O)Nc3c2ncn3-c2ccccc2F)c(OC)c1. The number of benzene rings is 2. The molecule has 1 aromatic heterocycles. The van der Waals surface area contributed by atoms with Crippen LogP contribution in [-0.2, 0) is 4.79 Å². The topological polar surface area (TPSA) is 65.4 Å². The van der Waals surface area contributed by atoms with E-state index in [0.717, 1.165) is 5.56 Å². The number of carbonyl (C=O) groups excluding carboxylic acids is 1. The van der Waals surface area contributed by atoms with E-state index < -0.39 is 5.82 Å². The minimum Gasteiger partial charge on any atom is -0.497 e. The molecule has 1 amide bonds. The number of nitrogens with one attached hydrogen (secondary N) is 1. The summed E-state index contributed by atoms with van der Waals surface area (Å²) in [7, 11) is 3.15. The van der Waals surface area contributed by atoms with Gasteiger partial charge in [0.15, 0.2) is 0 Å². The van der Waals surface area contributed by atoms with Crippen molar-refractivity contribution >= 4 is 11.7 Å². The molecule has 1 atom stereocenters. The van der Waals surface area contributed by atoms with Gasteiger partial charge < -0.3 is 14.8 Å². The summed E-state index contributed by atoms with van der Waals surface area (Å²) in [6.45, 7) is 0. The highest BCUT2D eigenvalue weighted by atomic mass is 19.1. The van der Waals surface area contributed by atoms with Crippen LogP contribution in [0.25, 0.3) is 5.69 Å². The summed E-state index contributed by atoms with van der Waals surface area (Å²) in [6.07, 6.45) is 1.75. The Kier molecular flexibility index (Phi) is 4.27. The Labute approximate surface area is 155 Å². The molecule has 3 aromatic rings. The van der Waals surface area contributed by atoms with Crippen molar-refractivity contribution in [2.45, 2.75) is 12.3 Å². The van der Waals surface area contributed by atoms with E-state index in [1.54, 1.807) is 43.1 Å². The number of hydrogen-bond acceptors (Lipinski definition) is 4. The van der Waals surface area contributed by atoms with Crippen LogP contribution in [0, 0.1) is 5.82 Å². The monoisotopic (exact) mass is 367 g/mol. The van der Waals surface area contributed by atoms with Crippen LogP contribution in [0.4, 0.5) is 10.2 Å². The Morgan fingerprint density at radius 1 is 1.19 bits per heavy atom. The number of anilines is 1. The van der Waals surface area contributed by atoms with Gasteiger partial charge in [0.2, 0.25) is 5.91 Å². The second kappa shape index (κ2) is 6.75. The van der Waals surface area contributed by atoms with Crippen molar-refractivity contribution in [1.29, 1.82) is 0 Å². The van der Waals surface area contributed by atoms with Gasteiger partial charge >= 0.3 is 0 Å². The first-order valence-electron chi connectivity index (χ1n) is 8.46. The van der Waals surface area contributed by atoms with Crippen LogP contribution in [0.3, 0.4) is 0 Å². The summed E-state index contributed by atoms with van der Waals surface area (Å²) in [4.78, 5) is 16.9. The average Bonchev–Trinajstić information content (AvgIpc) is 3.10. The number of ether oxygens (including phenoxy) is 2. The highest BCUT2D eigenvalue weighted by molar-refractivity contribution is 5.94. The molecule has 6 nitrogen and oxygen atoms in total. The average molecular weight is 367 g/mol. The fraction of sp³-hybridized carbons (Fsp3) is 0.200. The molecule has 0 unspecified atom stereocenters. The van der Waals surface area contributed by atoms with Crippen molar-refractivity contribution in [1.82, 2.24) is 9.55 Å². The maximum absolute atomic E-state index is 14.2. The van der Waals surface area contributed by atoms with Crippen molar-refractivity contribution in [3.63, 3.8) is 0 Å². The molecule has 27 heavy (non-hydrogen) atoms. The van der Waals surface area contributed by atoms with Crippen LogP contribution in [0.2, 0.25) is 0 Å². The number of aromatic nitrogens is 2. The molecule has 0 fully saturated rings. The van der Waals surface area contributed by atoms with Gasteiger partial charge in [-0.05, 0) is 18.2 Å². The van der Waals surface area contributed by atoms with E-state index in [-0.39, 0.29) is 18.2 Å². The number of amides is 1. The first-order valence-corrected chi connectivity index (χ1v) is 8.46. The summed E-state index contributed by atoms with van der Waals surface area (Å²) in [6, 6.07) is 11.8. The second-order valence-electron chi connectivity index (χ2n) is 6.21. The minimum absolute atomic E-state index is 0.163. The molecule has 0 spiro atoms. The molecule has 0 saturated carbocycles. The molecule has 0 aliphatic carbocycles. The molecule has 2 aromatic carbocycles. The minimum atomic E-state index is -0.392. The maximum atomic E-state index is 14.2. The van der Waals surface area contributed by atoms with Crippen molar-refractivity contribution in [3.05, 3.63) is 65.9 Å². The lowest BCUT2D eigenvalue weighted by Crippen LogP contribution is -2.25.